The number of aryl methyl sites for hydroxylation is 2. The van der Waals surface area contributed by atoms with Crippen molar-refractivity contribution in [3.05, 3.63) is 76.9 Å². The minimum absolute atomic E-state index is 0.244. The van der Waals surface area contributed by atoms with E-state index in [9.17, 15) is 9.59 Å². The lowest BCUT2D eigenvalue weighted by molar-refractivity contribution is -0.169. The summed E-state index contributed by atoms with van der Waals surface area (Å²) in [4.78, 5) is 25.8. The lowest BCUT2D eigenvalue weighted by Crippen LogP contribution is -2.43. The number of carbonyl (C=O) groups excluding carboxylic acids is 2. The molecule has 27 heavy (non-hydrogen) atoms. The van der Waals surface area contributed by atoms with Crippen molar-refractivity contribution in [1.29, 1.82) is 0 Å². The van der Waals surface area contributed by atoms with Crippen molar-refractivity contribution in [1.82, 2.24) is 0 Å². The highest BCUT2D eigenvalue weighted by Gasteiger charge is 2.57. The summed E-state index contributed by atoms with van der Waals surface area (Å²) in [6.07, 6.45) is 2.26. The lowest BCUT2D eigenvalue weighted by Gasteiger charge is -2.30. The van der Waals surface area contributed by atoms with E-state index in [2.05, 4.69) is 6.07 Å². The molecule has 1 aliphatic carbocycles. The molecule has 2 aromatic rings. The summed E-state index contributed by atoms with van der Waals surface area (Å²) in [5.41, 5.74) is 3.61. The maximum atomic E-state index is 12.9. The van der Waals surface area contributed by atoms with Gasteiger partial charge in [-0.2, -0.15) is 0 Å². The van der Waals surface area contributed by atoms with Gasteiger partial charge in [0.1, 0.15) is 0 Å². The Morgan fingerprint density at radius 1 is 0.926 bits per heavy atom. The van der Waals surface area contributed by atoms with Crippen molar-refractivity contribution in [2.45, 2.75) is 26.2 Å². The standard InChI is InChI=1S/C23H24O4/c1-15-7-5-9-17(11-15)19-13-20(18-10-6-8-16(2)12-18)23(14-19,21(24)26-3)22(25)27-4/h5-13,20H,14H2,1-4H3. The average molecular weight is 364 g/mol. The van der Waals surface area contributed by atoms with Gasteiger partial charge in [-0.25, -0.2) is 0 Å². The third-order valence-electron chi connectivity index (χ3n) is 5.26. The van der Waals surface area contributed by atoms with Gasteiger partial charge in [0, 0.05) is 12.3 Å². The lowest BCUT2D eigenvalue weighted by atomic mass is 9.73. The van der Waals surface area contributed by atoms with Crippen LogP contribution in [0.1, 0.15) is 34.6 Å². The Morgan fingerprint density at radius 2 is 1.52 bits per heavy atom. The molecule has 0 radical (unpaired) electrons. The smallest absolute Gasteiger partial charge is 0.324 e. The van der Waals surface area contributed by atoms with Crippen LogP contribution in [-0.2, 0) is 19.1 Å². The summed E-state index contributed by atoms with van der Waals surface area (Å²) < 4.78 is 10.2. The van der Waals surface area contributed by atoms with Crippen LogP contribution < -0.4 is 0 Å². The Kier molecular flexibility index (Phi) is 5.17. The molecule has 0 bridgehead atoms. The number of benzene rings is 2. The first-order valence-electron chi connectivity index (χ1n) is 8.93. The molecule has 0 amide bonds. The predicted molar refractivity (Wildman–Crippen MR) is 104 cm³/mol. The van der Waals surface area contributed by atoms with E-state index in [-0.39, 0.29) is 6.42 Å². The number of hydrogen-bond acceptors (Lipinski definition) is 4. The van der Waals surface area contributed by atoms with Crippen LogP contribution in [0.3, 0.4) is 0 Å². The van der Waals surface area contributed by atoms with Crippen LogP contribution in [0.2, 0.25) is 0 Å². The average Bonchev–Trinajstić information content (AvgIpc) is 3.08. The van der Waals surface area contributed by atoms with Crippen LogP contribution in [0.5, 0.6) is 0 Å². The van der Waals surface area contributed by atoms with Crippen LogP contribution in [0.4, 0.5) is 0 Å². The van der Waals surface area contributed by atoms with E-state index in [0.29, 0.717) is 0 Å². The Balaban J connectivity index is 2.20. The third-order valence-corrected chi connectivity index (χ3v) is 5.26. The molecule has 0 saturated heterocycles. The summed E-state index contributed by atoms with van der Waals surface area (Å²) in [6, 6.07) is 15.9. The second kappa shape index (κ2) is 7.39. The highest BCUT2D eigenvalue weighted by Crippen LogP contribution is 2.52. The molecule has 4 heteroatoms. The van der Waals surface area contributed by atoms with Crippen molar-refractivity contribution in [3.8, 4) is 0 Å². The predicted octanol–water partition coefficient (Wildman–Crippen LogP) is 4.21. The van der Waals surface area contributed by atoms with Gasteiger partial charge in [-0.3, -0.25) is 9.59 Å². The fourth-order valence-electron chi connectivity index (χ4n) is 3.95. The molecule has 1 unspecified atom stereocenters. The van der Waals surface area contributed by atoms with Gasteiger partial charge in [-0.05, 0) is 30.5 Å². The molecule has 2 aromatic carbocycles. The summed E-state index contributed by atoms with van der Waals surface area (Å²) in [5, 5.41) is 0. The van der Waals surface area contributed by atoms with E-state index in [1.807, 2.05) is 62.4 Å². The molecule has 0 saturated carbocycles. The fourth-order valence-corrected chi connectivity index (χ4v) is 3.95. The normalized spacial score (nSPS) is 17.9. The highest BCUT2D eigenvalue weighted by atomic mass is 16.5. The number of ether oxygens (including phenoxy) is 2. The van der Waals surface area contributed by atoms with E-state index in [1.165, 1.54) is 14.2 Å². The SMILES string of the molecule is COC(=O)C1(C(=O)OC)CC(c2cccc(C)c2)=CC1c1cccc(C)c1. The summed E-state index contributed by atoms with van der Waals surface area (Å²) >= 11 is 0. The number of methoxy groups -OCH3 is 2. The summed E-state index contributed by atoms with van der Waals surface area (Å²) in [6.45, 7) is 4.01. The Labute approximate surface area is 159 Å². The van der Waals surface area contributed by atoms with Crippen LogP contribution in [-0.4, -0.2) is 26.2 Å². The molecule has 4 nitrogen and oxygen atoms in total. The van der Waals surface area contributed by atoms with Crippen molar-refractivity contribution < 1.29 is 19.1 Å². The number of carbonyl (C=O) groups is 2. The first kappa shape index (κ1) is 18.9. The zero-order chi connectivity index (χ0) is 19.6. The van der Waals surface area contributed by atoms with Gasteiger partial charge >= 0.3 is 11.9 Å². The molecule has 0 aromatic heterocycles. The largest absolute Gasteiger partial charge is 0.468 e. The first-order chi connectivity index (χ1) is 12.9. The monoisotopic (exact) mass is 364 g/mol. The zero-order valence-electron chi connectivity index (χ0n) is 16.1. The van der Waals surface area contributed by atoms with Crippen LogP contribution >= 0.6 is 0 Å². The van der Waals surface area contributed by atoms with Gasteiger partial charge in [-0.15, -0.1) is 0 Å². The van der Waals surface area contributed by atoms with Crippen molar-refractivity contribution >= 4 is 17.5 Å². The molecule has 0 N–H and O–H groups in total. The molecule has 0 spiro atoms. The molecule has 140 valence electrons. The first-order valence-corrected chi connectivity index (χ1v) is 8.93. The fraction of sp³-hybridized carbons (Fsp3) is 0.304. The van der Waals surface area contributed by atoms with Crippen molar-refractivity contribution in [2.75, 3.05) is 14.2 Å². The molecular formula is C23H24O4. The minimum Gasteiger partial charge on any atom is -0.468 e. The van der Waals surface area contributed by atoms with Crippen molar-refractivity contribution in [2.24, 2.45) is 5.41 Å². The third kappa shape index (κ3) is 3.27. The summed E-state index contributed by atoms with van der Waals surface area (Å²) in [5.74, 6) is -1.59. The van der Waals surface area contributed by atoms with E-state index in [0.717, 1.165) is 27.8 Å². The van der Waals surface area contributed by atoms with Crippen LogP contribution in [0.15, 0.2) is 54.6 Å². The molecule has 1 aliphatic rings. The maximum Gasteiger partial charge on any atom is 0.324 e. The molecule has 0 heterocycles. The summed E-state index contributed by atoms with van der Waals surface area (Å²) in [7, 11) is 2.62. The van der Waals surface area contributed by atoms with E-state index >= 15 is 0 Å². The van der Waals surface area contributed by atoms with Crippen LogP contribution in [0.25, 0.3) is 5.57 Å². The molecular weight excluding hydrogens is 340 g/mol. The van der Waals surface area contributed by atoms with Gasteiger partial charge in [0.05, 0.1) is 14.2 Å². The Morgan fingerprint density at radius 3 is 2.07 bits per heavy atom. The van der Waals surface area contributed by atoms with Gasteiger partial charge in [0.15, 0.2) is 5.41 Å². The number of hydrogen-bond donors (Lipinski definition) is 0. The minimum atomic E-state index is -1.42. The topological polar surface area (TPSA) is 52.6 Å². The number of esters is 2. The Bertz CT molecular complexity index is 894. The molecule has 1 atom stereocenters. The second-order valence-corrected chi connectivity index (χ2v) is 7.08. The highest BCUT2D eigenvalue weighted by molar-refractivity contribution is 6.05. The van der Waals surface area contributed by atoms with E-state index in [4.69, 9.17) is 9.47 Å². The molecule has 0 fully saturated rings. The van der Waals surface area contributed by atoms with E-state index in [1.54, 1.807) is 0 Å². The van der Waals surface area contributed by atoms with Gasteiger partial charge in [0.2, 0.25) is 0 Å². The number of rotatable bonds is 4. The maximum absolute atomic E-state index is 12.9. The zero-order valence-corrected chi connectivity index (χ0v) is 16.1. The number of allylic oxidation sites excluding steroid dienone is 2. The Hall–Kier alpha value is -2.88. The van der Waals surface area contributed by atoms with E-state index < -0.39 is 23.3 Å². The van der Waals surface area contributed by atoms with Gasteiger partial charge < -0.3 is 9.47 Å². The quantitative estimate of drug-likeness (QED) is 0.602. The second-order valence-electron chi connectivity index (χ2n) is 7.08. The van der Waals surface area contributed by atoms with Gasteiger partial charge in [0.25, 0.3) is 0 Å². The molecule has 3 rings (SSSR count). The molecule has 0 aliphatic heterocycles. The van der Waals surface area contributed by atoms with Crippen LogP contribution in [0, 0.1) is 19.3 Å². The van der Waals surface area contributed by atoms with Gasteiger partial charge in [-0.1, -0.05) is 65.7 Å². The van der Waals surface area contributed by atoms with Crippen molar-refractivity contribution in [3.63, 3.8) is 0 Å².